The Balaban J connectivity index is 2.93. The molecule has 18 heavy (non-hydrogen) atoms. The normalized spacial score (nSPS) is 12.0. The summed E-state index contributed by atoms with van der Waals surface area (Å²) in [6.45, 7) is 3.94. The number of aryl methyl sites for hydroxylation is 1. The van der Waals surface area contributed by atoms with E-state index in [9.17, 15) is 4.79 Å². The Kier molecular flexibility index (Phi) is 5.52. The predicted molar refractivity (Wildman–Crippen MR) is 86.9 cm³/mol. The fourth-order valence-electron chi connectivity index (χ4n) is 1.63. The van der Waals surface area contributed by atoms with E-state index in [0.717, 1.165) is 14.7 Å². The van der Waals surface area contributed by atoms with Crippen LogP contribution >= 0.6 is 34.8 Å². The van der Waals surface area contributed by atoms with Crippen molar-refractivity contribution >= 4 is 45.7 Å². The number of rotatable bonds is 4. The lowest BCUT2D eigenvalue weighted by molar-refractivity contribution is 0.0747. The number of halogens is 1. The third kappa shape index (κ3) is 3.65. The van der Waals surface area contributed by atoms with E-state index in [1.807, 2.05) is 32.0 Å². The van der Waals surface area contributed by atoms with E-state index < -0.39 is 0 Å². The number of amides is 1. The minimum atomic E-state index is 0.00584. The molecule has 0 aromatic heterocycles. The highest BCUT2D eigenvalue weighted by molar-refractivity contribution is 14.1. The molecule has 0 fully saturated rings. The van der Waals surface area contributed by atoms with E-state index in [1.165, 1.54) is 0 Å². The lowest BCUT2D eigenvalue weighted by Gasteiger charge is -2.25. The molecule has 0 radical (unpaired) electrons. The van der Waals surface area contributed by atoms with Gasteiger partial charge in [-0.15, -0.1) is 0 Å². The van der Waals surface area contributed by atoms with E-state index >= 15 is 0 Å². The molecule has 1 rings (SSSR count). The quantitative estimate of drug-likeness (QED) is 0.649. The Hall–Kier alpha value is -0.690. The van der Waals surface area contributed by atoms with Crippen LogP contribution in [0.4, 0.5) is 0 Å². The topological polar surface area (TPSA) is 46.3 Å². The monoisotopic (exact) mass is 376 g/mol. The third-order valence-electron chi connectivity index (χ3n) is 2.90. The van der Waals surface area contributed by atoms with Gasteiger partial charge in [0.05, 0.1) is 10.6 Å². The first kappa shape index (κ1) is 15.4. The van der Waals surface area contributed by atoms with E-state index in [-0.39, 0.29) is 11.9 Å². The molecule has 0 heterocycles. The van der Waals surface area contributed by atoms with Crippen LogP contribution in [0.1, 0.15) is 29.3 Å². The standard InChI is InChI=1S/C13H17IN2OS/c1-8-5-4-6-10(12(8)14)13(17)16(3)9(2)7-11(15)18/h4-6,9H,7H2,1-3H3,(H2,15,18). The number of benzene rings is 1. The lowest BCUT2D eigenvalue weighted by Crippen LogP contribution is -2.37. The first-order valence-corrected chi connectivity index (χ1v) is 7.14. The van der Waals surface area contributed by atoms with Gasteiger partial charge in [-0.25, -0.2) is 0 Å². The van der Waals surface area contributed by atoms with Gasteiger partial charge in [0.1, 0.15) is 0 Å². The molecule has 0 bridgehead atoms. The number of carbonyl (C=O) groups is 1. The Morgan fingerprint density at radius 2 is 2.17 bits per heavy atom. The summed E-state index contributed by atoms with van der Waals surface area (Å²) in [6, 6.07) is 5.75. The highest BCUT2D eigenvalue weighted by Crippen LogP contribution is 2.19. The summed E-state index contributed by atoms with van der Waals surface area (Å²) in [5.74, 6) is 0.00634. The average Bonchev–Trinajstić information content (AvgIpc) is 2.30. The van der Waals surface area contributed by atoms with Gasteiger partial charge in [0.15, 0.2) is 0 Å². The molecule has 1 atom stereocenters. The maximum absolute atomic E-state index is 12.4. The molecule has 98 valence electrons. The molecule has 5 heteroatoms. The fraction of sp³-hybridized carbons (Fsp3) is 0.385. The van der Waals surface area contributed by atoms with Crippen molar-refractivity contribution in [3.63, 3.8) is 0 Å². The van der Waals surface area contributed by atoms with Crippen molar-refractivity contribution in [2.75, 3.05) is 7.05 Å². The molecule has 1 amide bonds. The summed E-state index contributed by atoms with van der Waals surface area (Å²) < 4.78 is 0.995. The largest absolute Gasteiger partial charge is 0.393 e. The Labute approximate surface area is 127 Å². The molecule has 0 aliphatic heterocycles. The zero-order valence-corrected chi connectivity index (χ0v) is 13.7. The zero-order chi connectivity index (χ0) is 13.9. The van der Waals surface area contributed by atoms with Crippen molar-refractivity contribution in [3.05, 3.63) is 32.9 Å². The first-order chi connectivity index (χ1) is 8.34. The second kappa shape index (κ2) is 6.47. The summed E-state index contributed by atoms with van der Waals surface area (Å²) in [4.78, 5) is 14.5. The van der Waals surface area contributed by atoms with Crippen LogP contribution in [-0.4, -0.2) is 28.9 Å². The van der Waals surface area contributed by atoms with Gasteiger partial charge < -0.3 is 10.6 Å². The lowest BCUT2D eigenvalue weighted by atomic mass is 10.1. The SMILES string of the molecule is Cc1cccc(C(=O)N(C)C(C)CC(N)=S)c1I. The maximum atomic E-state index is 12.4. The molecule has 0 spiro atoms. The molecule has 0 aliphatic rings. The summed E-state index contributed by atoms with van der Waals surface area (Å²) in [6.07, 6.45) is 0.542. The van der Waals surface area contributed by atoms with E-state index in [1.54, 1.807) is 11.9 Å². The Morgan fingerprint density at radius 1 is 1.56 bits per heavy atom. The van der Waals surface area contributed by atoms with Crippen LogP contribution in [0.2, 0.25) is 0 Å². The third-order valence-corrected chi connectivity index (χ3v) is 4.50. The molecule has 0 saturated carbocycles. The maximum Gasteiger partial charge on any atom is 0.254 e. The highest BCUT2D eigenvalue weighted by atomic mass is 127. The summed E-state index contributed by atoms with van der Waals surface area (Å²) >= 11 is 7.08. The molecular formula is C13H17IN2OS. The second-order valence-corrected chi connectivity index (χ2v) is 5.98. The number of nitrogens with two attached hydrogens (primary N) is 1. The fourth-order valence-corrected chi connectivity index (χ4v) is 2.46. The van der Waals surface area contributed by atoms with Crippen LogP contribution in [0.5, 0.6) is 0 Å². The molecule has 1 aromatic carbocycles. The number of hydrogen-bond donors (Lipinski definition) is 1. The minimum Gasteiger partial charge on any atom is -0.393 e. The van der Waals surface area contributed by atoms with Gasteiger partial charge in [-0.05, 0) is 48.1 Å². The van der Waals surface area contributed by atoms with E-state index in [4.69, 9.17) is 18.0 Å². The molecule has 1 unspecified atom stereocenters. The van der Waals surface area contributed by atoms with Gasteiger partial charge >= 0.3 is 0 Å². The van der Waals surface area contributed by atoms with Crippen molar-refractivity contribution in [1.82, 2.24) is 4.90 Å². The van der Waals surface area contributed by atoms with Crippen LogP contribution in [0.3, 0.4) is 0 Å². The summed E-state index contributed by atoms with van der Waals surface area (Å²) in [5.41, 5.74) is 7.35. The Bertz CT molecular complexity index is 476. The van der Waals surface area contributed by atoms with Gasteiger partial charge in [-0.1, -0.05) is 24.4 Å². The second-order valence-electron chi connectivity index (χ2n) is 4.37. The molecule has 0 saturated heterocycles. The van der Waals surface area contributed by atoms with E-state index in [2.05, 4.69) is 22.6 Å². The van der Waals surface area contributed by atoms with Crippen LogP contribution in [0.15, 0.2) is 18.2 Å². The van der Waals surface area contributed by atoms with Crippen molar-refractivity contribution < 1.29 is 4.79 Å². The van der Waals surface area contributed by atoms with Crippen molar-refractivity contribution in [2.24, 2.45) is 5.73 Å². The van der Waals surface area contributed by atoms with Crippen LogP contribution in [0.25, 0.3) is 0 Å². The molecular weight excluding hydrogens is 359 g/mol. The summed E-state index contributed by atoms with van der Waals surface area (Å²) in [5, 5.41) is 0. The molecule has 1 aromatic rings. The van der Waals surface area contributed by atoms with Gasteiger partial charge in [-0.3, -0.25) is 4.79 Å². The predicted octanol–water partition coefficient (Wildman–Crippen LogP) is 2.74. The number of thiocarbonyl (C=S) groups is 1. The van der Waals surface area contributed by atoms with Crippen LogP contribution < -0.4 is 5.73 Å². The first-order valence-electron chi connectivity index (χ1n) is 5.65. The number of hydrogen-bond acceptors (Lipinski definition) is 2. The Morgan fingerprint density at radius 3 is 2.72 bits per heavy atom. The molecule has 2 N–H and O–H groups in total. The molecule has 0 aliphatic carbocycles. The number of nitrogens with zero attached hydrogens (tertiary/aromatic N) is 1. The van der Waals surface area contributed by atoms with Gasteiger partial charge in [0.25, 0.3) is 5.91 Å². The minimum absolute atomic E-state index is 0.00584. The average molecular weight is 376 g/mol. The van der Waals surface area contributed by atoms with Gasteiger partial charge in [0.2, 0.25) is 0 Å². The van der Waals surface area contributed by atoms with Crippen molar-refractivity contribution in [1.29, 1.82) is 0 Å². The van der Waals surface area contributed by atoms with Crippen LogP contribution in [-0.2, 0) is 0 Å². The van der Waals surface area contributed by atoms with Crippen molar-refractivity contribution in [2.45, 2.75) is 26.3 Å². The highest BCUT2D eigenvalue weighted by Gasteiger charge is 2.20. The van der Waals surface area contributed by atoms with Gasteiger partial charge in [0, 0.05) is 23.1 Å². The van der Waals surface area contributed by atoms with Gasteiger partial charge in [-0.2, -0.15) is 0 Å². The van der Waals surface area contributed by atoms with Crippen LogP contribution in [0, 0.1) is 10.5 Å². The summed E-state index contributed by atoms with van der Waals surface area (Å²) in [7, 11) is 1.78. The van der Waals surface area contributed by atoms with E-state index in [0.29, 0.717) is 11.4 Å². The molecule has 3 nitrogen and oxygen atoms in total. The smallest absolute Gasteiger partial charge is 0.254 e. The van der Waals surface area contributed by atoms with Crippen molar-refractivity contribution in [3.8, 4) is 0 Å². The number of carbonyl (C=O) groups excluding carboxylic acids is 1. The zero-order valence-electron chi connectivity index (χ0n) is 10.7.